The van der Waals surface area contributed by atoms with Gasteiger partial charge in [0, 0.05) is 28.0 Å². The molecule has 0 fully saturated rings. The number of carbonyl (C=O) groups is 2. The molecule has 0 unspecified atom stereocenters. The van der Waals surface area contributed by atoms with E-state index in [-0.39, 0.29) is 13.0 Å². The number of rotatable bonds is 7. The van der Waals surface area contributed by atoms with Crippen LogP contribution in [-0.2, 0) is 20.7 Å². The molecule has 6 nitrogen and oxygen atoms in total. The average Bonchev–Trinajstić information content (AvgIpc) is 3.25. The van der Waals surface area contributed by atoms with Crippen LogP contribution in [0.2, 0.25) is 5.02 Å². The van der Waals surface area contributed by atoms with Crippen molar-refractivity contribution in [1.29, 1.82) is 0 Å². The molecule has 3 aromatic carbocycles. The summed E-state index contributed by atoms with van der Waals surface area (Å²) in [7, 11) is 0. The van der Waals surface area contributed by atoms with E-state index in [1.54, 1.807) is 23.0 Å². The second-order valence-corrected chi connectivity index (χ2v) is 8.41. The molecule has 4 aromatic rings. The molecule has 0 saturated heterocycles. The number of hydrogen-bond donors (Lipinski definition) is 1. The summed E-state index contributed by atoms with van der Waals surface area (Å²) in [4.78, 5) is 24.8. The molecule has 1 N–H and O–H groups in total. The van der Waals surface area contributed by atoms with Crippen LogP contribution in [0, 0.1) is 13.8 Å². The smallest absolute Gasteiger partial charge is 0.310 e. The van der Waals surface area contributed by atoms with Gasteiger partial charge in [-0.2, -0.15) is 5.10 Å². The van der Waals surface area contributed by atoms with E-state index in [1.807, 2.05) is 74.5 Å². The number of benzene rings is 3. The highest BCUT2D eigenvalue weighted by Crippen LogP contribution is 2.26. The molecule has 0 saturated carbocycles. The van der Waals surface area contributed by atoms with Crippen LogP contribution in [0.3, 0.4) is 0 Å². The number of aromatic nitrogens is 2. The molecule has 1 amide bonds. The molecule has 172 valence electrons. The first-order valence-electron chi connectivity index (χ1n) is 10.8. The normalized spacial score (nSPS) is 10.7. The Morgan fingerprint density at radius 3 is 2.41 bits per heavy atom. The van der Waals surface area contributed by atoms with Crippen LogP contribution in [0.1, 0.15) is 16.7 Å². The van der Waals surface area contributed by atoms with E-state index in [4.69, 9.17) is 16.3 Å². The molecule has 0 atom stereocenters. The van der Waals surface area contributed by atoms with Crippen molar-refractivity contribution < 1.29 is 14.3 Å². The highest BCUT2D eigenvalue weighted by atomic mass is 35.5. The Morgan fingerprint density at radius 2 is 1.71 bits per heavy atom. The number of para-hydroxylation sites is 1. The first-order chi connectivity index (χ1) is 16.4. The van der Waals surface area contributed by atoms with Gasteiger partial charge in [-0.3, -0.25) is 9.59 Å². The van der Waals surface area contributed by atoms with Crippen LogP contribution >= 0.6 is 11.6 Å². The lowest BCUT2D eigenvalue weighted by Gasteiger charge is -2.08. The molecule has 0 spiro atoms. The van der Waals surface area contributed by atoms with Crippen LogP contribution in [0.4, 0.5) is 5.69 Å². The van der Waals surface area contributed by atoms with Gasteiger partial charge in [-0.15, -0.1) is 0 Å². The average molecular weight is 474 g/mol. The zero-order chi connectivity index (χ0) is 24.1. The molecule has 0 aliphatic carbocycles. The molecule has 34 heavy (non-hydrogen) atoms. The summed E-state index contributed by atoms with van der Waals surface area (Å²) in [5, 5.41) is 8.05. The van der Waals surface area contributed by atoms with Gasteiger partial charge in [0.1, 0.15) is 0 Å². The zero-order valence-corrected chi connectivity index (χ0v) is 19.7. The van der Waals surface area contributed by atoms with Crippen molar-refractivity contribution in [1.82, 2.24) is 9.78 Å². The maximum atomic E-state index is 12.6. The minimum Gasteiger partial charge on any atom is -0.455 e. The van der Waals surface area contributed by atoms with Gasteiger partial charge in [-0.1, -0.05) is 48.0 Å². The molecular formula is C27H24ClN3O3. The van der Waals surface area contributed by atoms with E-state index < -0.39 is 11.9 Å². The summed E-state index contributed by atoms with van der Waals surface area (Å²) in [5.41, 5.74) is 5.90. The summed E-state index contributed by atoms with van der Waals surface area (Å²) in [6.45, 7) is 3.61. The van der Waals surface area contributed by atoms with Gasteiger partial charge in [0.05, 0.1) is 17.8 Å². The minimum atomic E-state index is -0.516. The fourth-order valence-electron chi connectivity index (χ4n) is 3.47. The van der Waals surface area contributed by atoms with Gasteiger partial charge < -0.3 is 10.1 Å². The van der Waals surface area contributed by atoms with Crippen molar-refractivity contribution in [3.63, 3.8) is 0 Å². The van der Waals surface area contributed by atoms with E-state index in [0.29, 0.717) is 22.0 Å². The van der Waals surface area contributed by atoms with Gasteiger partial charge in [-0.25, -0.2) is 4.68 Å². The minimum absolute atomic E-state index is 0.0261. The second-order valence-electron chi connectivity index (χ2n) is 7.97. The summed E-state index contributed by atoms with van der Waals surface area (Å²) in [6, 6.07) is 22.5. The third-order valence-corrected chi connectivity index (χ3v) is 5.67. The van der Waals surface area contributed by atoms with Gasteiger partial charge in [-0.05, 0) is 61.4 Å². The molecule has 4 rings (SSSR count). The van der Waals surface area contributed by atoms with E-state index in [2.05, 4.69) is 10.4 Å². The van der Waals surface area contributed by atoms with E-state index in [1.165, 1.54) is 0 Å². The van der Waals surface area contributed by atoms with Crippen LogP contribution in [-0.4, -0.2) is 28.3 Å². The standard InChI is InChI=1S/C27H24ClN3O3/c1-18-8-13-23(14-19(18)2)29-25(32)17-34-26(33)15-21-16-31(24-6-4-3-5-7-24)30-27(21)20-9-11-22(28)12-10-20/h3-14,16H,15,17H2,1-2H3,(H,29,32). The molecule has 7 heteroatoms. The number of halogens is 1. The van der Waals surface area contributed by atoms with Gasteiger partial charge in [0.15, 0.2) is 6.61 Å². The van der Waals surface area contributed by atoms with Gasteiger partial charge in [0.25, 0.3) is 5.91 Å². The Bertz CT molecular complexity index is 1310. The third-order valence-electron chi connectivity index (χ3n) is 5.42. The first kappa shape index (κ1) is 23.3. The summed E-state index contributed by atoms with van der Waals surface area (Å²) >= 11 is 6.03. The van der Waals surface area contributed by atoms with E-state index >= 15 is 0 Å². The lowest BCUT2D eigenvalue weighted by atomic mass is 10.1. The Hall–Kier alpha value is -3.90. The molecule has 1 heterocycles. The third kappa shape index (κ3) is 5.71. The van der Waals surface area contributed by atoms with E-state index in [9.17, 15) is 9.59 Å². The largest absolute Gasteiger partial charge is 0.455 e. The summed E-state index contributed by atoms with van der Waals surface area (Å²) in [5.74, 6) is -0.910. The molecule has 0 bridgehead atoms. The van der Waals surface area contributed by atoms with Crippen LogP contribution < -0.4 is 5.32 Å². The van der Waals surface area contributed by atoms with Crippen LogP contribution in [0.5, 0.6) is 0 Å². The van der Waals surface area contributed by atoms with E-state index in [0.717, 1.165) is 22.4 Å². The second kappa shape index (κ2) is 10.4. The van der Waals surface area contributed by atoms with Crippen molar-refractivity contribution >= 4 is 29.2 Å². The SMILES string of the molecule is Cc1ccc(NC(=O)COC(=O)Cc2cn(-c3ccccc3)nc2-c2ccc(Cl)cc2)cc1C. The molecule has 0 aliphatic heterocycles. The maximum Gasteiger partial charge on any atom is 0.310 e. The lowest BCUT2D eigenvalue weighted by Crippen LogP contribution is -2.21. The van der Waals surface area contributed by atoms with Crippen molar-refractivity contribution in [2.75, 3.05) is 11.9 Å². The number of esters is 1. The number of nitrogens with zero attached hydrogens (tertiary/aromatic N) is 2. The van der Waals surface area contributed by atoms with Crippen molar-refractivity contribution in [3.8, 4) is 16.9 Å². The highest BCUT2D eigenvalue weighted by molar-refractivity contribution is 6.30. The summed E-state index contributed by atoms with van der Waals surface area (Å²) in [6.07, 6.45) is 1.78. The van der Waals surface area contributed by atoms with Crippen molar-refractivity contribution in [2.45, 2.75) is 20.3 Å². The number of aryl methyl sites for hydroxylation is 2. The predicted molar refractivity (Wildman–Crippen MR) is 133 cm³/mol. The lowest BCUT2D eigenvalue weighted by molar-refractivity contribution is -0.146. The monoisotopic (exact) mass is 473 g/mol. The number of ether oxygens (including phenoxy) is 1. The quantitative estimate of drug-likeness (QED) is 0.358. The molecule has 0 radical (unpaired) electrons. The van der Waals surface area contributed by atoms with Crippen molar-refractivity contribution in [3.05, 3.63) is 101 Å². The molecule has 1 aromatic heterocycles. The number of amides is 1. The zero-order valence-electron chi connectivity index (χ0n) is 18.9. The van der Waals surface area contributed by atoms with Crippen LogP contribution in [0.25, 0.3) is 16.9 Å². The highest BCUT2D eigenvalue weighted by Gasteiger charge is 2.17. The number of carbonyl (C=O) groups excluding carboxylic acids is 2. The molecular weight excluding hydrogens is 450 g/mol. The Balaban J connectivity index is 1.46. The predicted octanol–water partition coefficient (Wildman–Crippen LogP) is 5.53. The fourth-order valence-corrected chi connectivity index (χ4v) is 3.60. The number of anilines is 1. The fraction of sp³-hybridized carbons (Fsp3) is 0.148. The number of nitrogens with one attached hydrogen (secondary N) is 1. The Morgan fingerprint density at radius 1 is 0.971 bits per heavy atom. The molecule has 0 aliphatic rings. The topological polar surface area (TPSA) is 73.2 Å². The van der Waals surface area contributed by atoms with Crippen molar-refractivity contribution in [2.24, 2.45) is 0 Å². The van der Waals surface area contributed by atoms with Gasteiger partial charge in [0.2, 0.25) is 0 Å². The maximum absolute atomic E-state index is 12.6. The van der Waals surface area contributed by atoms with Gasteiger partial charge >= 0.3 is 5.97 Å². The summed E-state index contributed by atoms with van der Waals surface area (Å²) < 4.78 is 6.97. The van der Waals surface area contributed by atoms with Crippen LogP contribution in [0.15, 0.2) is 79.0 Å². The first-order valence-corrected chi connectivity index (χ1v) is 11.2. The Kier molecular flexibility index (Phi) is 7.09. The Labute approximate surface area is 203 Å². The number of hydrogen-bond acceptors (Lipinski definition) is 4.